The second-order valence-corrected chi connectivity index (χ2v) is 5.19. The predicted octanol–water partition coefficient (Wildman–Crippen LogP) is 6.21. The van der Waals surface area contributed by atoms with Gasteiger partial charge in [0, 0.05) is 30.4 Å². The summed E-state index contributed by atoms with van der Waals surface area (Å²) in [4.78, 5) is 11.8. The number of pyridine rings is 1. The molecule has 2 rings (SSSR count). The van der Waals surface area contributed by atoms with Gasteiger partial charge in [-0.25, -0.2) is 0 Å². The highest BCUT2D eigenvalue weighted by Gasteiger charge is 2.31. The van der Waals surface area contributed by atoms with Crippen molar-refractivity contribution >= 4 is 28.9 Å². The summed E-state index contributed by atoms with van der Waals surface area (Å²) in [6, 6.07) is 6.21. The molecule has 0 saturated heterocycles. The maximum atomic E-state index is 12.7. The predicted molar refractivity (Wildman–Crippen MR) is 104 cm³/mol. The van der Waals surface area contributed by atoms with E-state index in [1.807, 2.05) is 27.7 Å². The second kappa shape index (κ2) is 11.9. The third kappa shape index (κ3) is 6.92. The first-order valence-corrected chi connectivity index (χ1v) is 9.14. The Kier molecular flexibility index (Phi) is 11.1. The van der Waals surface area contributed by atoms with Crippen molar-refractivity contribution in [1.29, 1.82) is 0 Å². The summed E-state index contributed by atoms with van der Waals surface area (Å²) >= 11 is 11.6. The Hall–Kier alpha value is -1.66. The normalized spacial score (nSPS) is 10.2. The average molecular weight is 411 g/mol. The molecule has 0 radical (unpaired) electrons. The molecule has 1 aromatic carbocycles. The SMILES string of the molecule is CC.CC.O=c1ccc(C(F)(F)F)cn1-c1ccc(NCCCl)cc1Cl. The van der Waals surface area contributed by atoms with Crippen LogP contribution >= 0.6 is 23.2 Å². The first-order chi connectivity index (χ1) is 12.3. The Morgan fingerprint density at radius 2 is 1.69 bits per heavy atom. The molecule has 0 bridgehead atoms. The Labute approximate surface area is 161 Å². The molecule has 0 amide bonds. The molecule has 0 aliphatic heterocycles. The van der Waals surface area contributed by atoms with Crippen LogP contribution in [0, 0.1) is 0 Å². The van der Waals surface area contributed by atoms with Crippen LogP contribution in [0.5, 0.6) is 0 Å². The highest BCUT2D eigenvalue weighted by Crippen LogP contribution is 2.30. The molecule has 0 unspecified atom stereocenters. The fourth-order valence-corrected chi connectivity index (χ4v) is 2.21. The summed E-state index contributed by atoms with van der Waals surface area (Å²) in [7, 11) is 0. The van der Waals surface area contributed by atoms with Gasteiger partial charge in [-0.05, 0) is 24.3 Å². The topological polar surface area (TPSA) is 34.0 Å². The highest BCUT2D eigenvalue weighted by molar-refractivity contribution is 6.32. The van der Waals surface area contributed by atoms with Gasteiger partial charge in [-0.15, -0.1) is 11.6 Å². The number of nitrogens with one attached hydrogen (secondary N) is 1. The summed E-state index contributed by atoms with van der Waals surface area (Å²) in [5, 5.41) is 3.13. The Balaban J connectivity index is 0.00000146. The fourth-order valence-electron chi connectivity index (χ4n) is 1.85. The Bertz CT molecular complexity index is 731. The monoisotopic (exact) mass is 410 g/mol. The van der Waals surface area contributed by atoms with E-state index in [0.717, 1.165) is 22.9 Å². The number of anilines is 1. The van der Waals surface area contributed by atoms with E-state index in [9.17, 15) is 18.0 Å². The summed E-state index contributed by atoms with van der Waals surface area (Å²) in [6.07, 6.45) is -3.81. The summed E-state index contributed by atoms with van der Waals surface area (Å²) in [5.41, 5.74) is -0.688. The third-order valence-corrected chi connectivity index (χ3v) is 3.36. The van der Waals surface area contributed by atoms with Gasteiger partial charge in [-0.2, -0.15) is 13.2 Å². The van der Waals surface area contributed by atoms with Crippen molar-refractivity contribution in [2.24, 2.45) is 0 Å². The molecular weight excluding hydrogens is 388 g/mol. The molecule has 146 valence electrons. The van der Waals surface area contributed by atoms with Crippen molar-refractivity contribution in [3.63, 3.8) is 0 Å². The van der Waals surface area contributed by atoms with Crippen LogP contribution in [0.1, 0.15) is 33.3 Å². The Morgan fingerprint density at radius 3 is 2.19 bits per heavy atom. The van der Waals surface area contributed by atoms with Gasteiger partial charge in [-0.3, -0.25) is 9.36 Å². The van der Waals surface area contributed by atoms with Crippen LogP contribution in [0.25, 0.3) is 5.69 Å². The number of nitrogens with zero attached hydrogens (tertiary/aromatic N) is 1. The lowest BCUT2D eigenvalue weighted by atomic mass is 10.2. The van der Waals surface area contributed by atoms with Crippen LogP contribution in [0.4, 0.5) is 18.9 Å². The van der Waals surface area contributed by atoms with Crippen molar-refractivity contribution in [2.75, 3.05) is 17.7 Å². The van der Waals surface area contributed by atoms with E-state index >= 15 is 0 Å². The number of aromatic nitrogens is 1. The van der Waals surface area contributed by atoms with Crippen LogP contribution in [0.2, 0.25) is 5.02 Å². The molecule has 0 spiro atoms. The summed E-state index contributed by atoms with van der Waals surface area (Å²) in [5.74, 6) is 0.395. The van der Waals surface area contributed by atoms with Gasteiger partial charge in [0.2, 0.25) is 0 Å². The number of hydrogen-bond acceptors (Lipinski definition) is 2. The lowest BCUT2D eigenvalue weighted by Crippen LogP contribution is -2.20. The quantitative estimate of drug-likeness (QED) is 0.607. The van der Waals surface area contributed by atoms with E-state index in [2.05, 4.69) is 5.32 Å². The first kappa shape index (κ1) is 24.3. The maximum absolute atomic E-state index is 12.7. The summed E-state index contributed by atoms with van der Waals surface area (Å²) in [6.45, 7) is 8.51. The van der Waals surface area contributed by atoms with Crippen molar-refractivity contribution in [3.05, 3.63) is 57.5 Å². The van der Waals surface area contributed by atoms with E-state index in [1.165, 1.54) is 12.1 Å². The number of hydrogen-bond donors (Lipinski definition) is 1. The molecule has 1 heterocycles. The molecule has 8 heteroatoms. The van der Waals surface area contributed by atoms with Crippen molar-refractivity contribution in [1.82, 2.24) is 4.57 Å². The van der Waals surface area contributed by atoms with Gasteiger partial charge < -0.3 is 5.32 Å². The molecule has 1 N–H and O–H groups in total. The lowest BCUT2D eigenvalue weighted by molar-refractivity contribution is -0.138. The fraction of sp³-hybridized carbons (Fsp3) is 0.389. The van der Waals surface area contributed by atoms with Crippen LogP contribution in [-0.4, -0.2) is 17.0 Å². The zero-order valence-corrected chi connectivity index (χ0v) is 16.6. The molecule has 0 fully saturated rings. The molecule has 0 aliphatic carbocycles. The van der Waals surface area contributed by atoms with E-state index in [-0.39, 0.29) is 10.7 Å². The number of halogens is 5. The van der Waals surface area contributed by atoms with Crippen LogP contribution in [-0.2, 0) is 6.18 Å². The second-order valence-electron chi connectivity index (χ2n) is 4.41. The van der Waals surface area contributed by atoms with E-state index < -0.39 is 17.3 Å². The van der Waals surface area contributed by atoms with Gasteiger partial charge in [0.25, 0.3) is 5.56 Å². The largest absolute Gasteiger partial charge is 0.417 e. The van der Waals surface area contributed by atoms with Gasteiger partial charge >= 0.3 is 6.18 Å². The summed E-state index contributed by atoms with van der Waals surface area (Å²) < 4.78 is 39.1. The molecule has 26 heavy (non-hydrogen) atoms. The third-order valence-electron chi connectivity index (χ3n) is 2.87. The maximum Gasteiger partial charge on any atom is 0.417 e. The number of alkyl halides is 4. The smallest absolute Gasteiger partial charge is 0.384 e. The number of rotatable bonds is 4. The zero-order valence-electron chi connectivity index (χ0n) is 15.1. The minimum atomic E-state index is -4.54. The van der Waals surface area contributed by atoms with E-state index in [0.29, 0.717) is 18.1 Å². The minimum absolute atomic E-state index is 0.154. The minimum Gasteiger partial charge on any atom is -0.384 e. The van der Waals surface area contributed by atoms with Crippen molar-refractivity contribution in [3.8, 4) is 5.69 Å². The van der Waals surface area contributed by atoms with Gasteiger partial charge in [0.1, 0.15) is 0 Å². The molecule has 3 nitrogen and oxygen atoms in total. The van der Waals surface area contributed by atoms with E-state index in [4.69, 9.17) is 23.2 Å². The van der Waals surface area contributed by atoms with Crippen LogP contribution < -0.4 is 10.9 Å². The average Bonchev–Trinajstić information content (AvgIpc) is 2.63. The van der Waals surface area contributed by atoms with Gasteiger partial charge in [0.05, 0.1) is 16.3 Å². The zero-order chi connectivity index (χ0) is 20.3. The van der Waals surface area contributed by atoms with Gasteiger partial charge in [0.15, 0.2) is 0 Å². The van der Waals surface area contributed by atoms with Gasteiger partial charge in [-0.1, -0.05) is 39.3 Å². The highest BCUT2D eigenvalue weighted by atomic mass is 35.5. The molecule has 0 aliphatic rings. The molecule has 2 aromatic rings. The van der Waals surface area contributed by atoms with E-state index in [1.54, 1.807) is 6.07 Å². The molecule has 0 atom stereocenters. The standard InChI is InChI=1S/C14H11Cl2F3N2O.2C2H6/c15-5-6-20-10-2-3-12(11(16)7-10)21-8-9(14(17,18)19)1-4-13(21)22;2*1-2/h1-4,7-8,20H,5-6H2;2*1-2H3. The Morgan fingerprint density at radius 1 is 1.08 bits per heavy atom. The van der Waals surface area contributed by atoms with Crippen LogP contribution in [0.15, 0.2) is 41.3 Å². The lowest BCUT2D eigenvalue weighted by Gasteiger charge is -2.13. The molecule has 1 aromatic heterocycles. The van der Waals surface area contributed by atoms with Crippen molar-refractivity contribution in [2.45, 2.75) is 33.9 Å². The molecule has 0 saturated carbocycles. The first-order valence-electron chi connectivity index (χ1n) is 8.22. The van der Waals surface area contributed by atoms with Crippen LogP contribution in [0.3, 0.4) is 0 Å². The molecular formula is C18H23Cl2F3N2O. The van der Waals surface area contributed by atoms with Crippen molar-refractivity contribution < 1.29 is 13.2 Å². The number of benzene rings is 1.